The summed E-state index contributed by atoms with van der Waals surface area (Å²) in [5.41, 5.74) is 2.36. The van der Waals surface area contributed by atoms with Crippen LogP contribution in [0.5, 0.6) is 0 Å². The summed E-state index contributed by atoms with van der Waals surface area (Å²) in [5.74, 6) is 1.99. The maximum absolute atomic E-state index is 10.4. The Morgan fingerprint density at radius 3 is 2.63 bits per heavy atom. The quantitative estimate of drug-likeness (QED) is 0.773. The number of benzene rings is 1. The highest BCUT2D eigenvalue weighted by Crippen LogP contribution is 2.40. The molecule has 1 nitrogen and oxygen atoms in total. The van der Waals surface area contributed by atoms with E-state index in [-0.39, 0.29) is 6.10 Å². The van der Waals surface area contributed by atoms with Crippen LogP contribution in [0.2, 0.25) is 0 Å². The van der Waals surface area contributed by atoms with Gasteiger partial charge in [-0.05, 0) is 55.9 Å². The van der Waals surface area contributed by atoms with Gasteiger partial charge in [0, 0.05) is 0 Å². The fourth-order valence-corrected chi connectivity index (χ4v) is 3.29. The summed E-state index contributed by atoms with van der Waals surface area (Å²) in [7, 11) is 0. The number of allylic oxidation sites excluding steroid dienone is 1. The lowest BCUT2D eigenvalue weighted by Crippen LogP contribution is -2.25. The van der Waals surface area contributed by atoms with Crippen molar-refractivity contribution in [3.05, 3.63) is 48.0 Å². The SMILES string of the molecule is C=C(C)[C@@H]1CC[C@@H](C)[C@H](CC(O)c2ccccc2)C1. The van der Waals surface area contributed by atoms with Crippen molar-refractivity contribution in [2.24, 2.45) is 17.8 Å². The smallest absolute Gasteiger partial charge is 0.0792 e. The molecule has 1 aliphatic carbocycles. The summed E-state index contributed by atoms with van der Waals surface area (Å²) in [4.78, 5) is 0. The Morgan fingerprint density at radius 2 is 2.00 bits per heavy atom. The summed E-state index contributed by atoms with van der Waals surface area (Å²) in [6, 6.07) is 10.0. The molecule has 0 radical (unpaired) electrons. The lowest BCUT2D eigenvalue weighted by molar-refractivity contribution is 0.0993. The van der Waals surface area contributed by atoms with Crippen LogP contribution < -0.4 is 0 Å². The third kappa shape index (κ3) is 3.70. The van der Waals surface area contributed by atoms with Gasteiger partial charge in [-0.2, -0.15) is 0 Å². The van der Waals surface area contributed by atoms with Gasteiger partial charge < -0.3 is 5.11 Å². The molecule has 0 aliphatic heterocycles. The Bertz CT molecular complexity index is 409. The molecule has 0 amide bonds. The maximum atomic E-state index is 10.4. The van der Waals surface area contributed by atoms with Crippen LogP contribution in [0.15, 0.2) is 42.5 Å². The van der Waals surface area contributed by atoms with Crippen molar-refractivity contribution >= 4 is 0 Å². The second-order valence-electron chi connectivity index (χ2n) is 6.26. The highest BCUT2D eigenvalue weighted by atomic mass is 16.3. The minimum absolute atomic E-state index is 0.322. The minimum atomic E-state index is -0.322. The van der Waals surface area contributed by atoms with E-state index < -0.39 is 0 Å². The molecule has 0 heterocycles. The van der Waals surface area contributed by atoms with E-state index in [1.54, 1.807) is 0 Å². The summed E-state index contributed by atoms with van der Waals surface area (Å²) in [5, 5.41) is 10.4. The van der Waals surface area contributed by atoms with Gasteiger partial charge in [0.05, 0.1) is 6.10 Å². The van der Waals surface area contributed by atoms with E-state index in [1.807, 2.05) is 30.3 Å². The van der Waals surface area contributed by atoms with Crippen LogP contribution in [-0.4, -0.2) is 5.11 Å². The van der Waals surface area contributed by atoms with Crippen LogP contribution in [-0.2, 0) is 0 Å². The van der Waals surface area contributed by atoms with Gasteiger partial charge in [0.2, 0.25) is 0 Å². The highest BCUT2D eigenvalue weighted by molar-refractivity contribution is 5.17. The van der Waals surface area contributed by atoms with E-state index in [2.05, 4.69) is 20.4 Å². The summed E-state index contributed by atoms with van der Waals surface area (Å²) < 4.78 is 0. The molecule has 19 heavy (non-hydrogen) atoms. The predicted molar refractivity (Wildman–Crippen MR) is 80.8 cm³/mol. The standard InChI is InChI=1S/C18H26O/c1-13(2)16-10-9-14(3)17(11-16)12-18(19)15-7-5-4-6-8-15/h4-8,14,16-19H,1,9-12H2,2-3H3/t14-,16-,17+,18?/m1/s1. The lowest BCUT2D eigenvalue weighted by atomic mass is 9.70. The van der Waals surface area contributed by atoms with Crippen LogP contribution >= 0.6 is 0 Å². The van der Waals surface area contributed by atoms with Crippen LogP contribution in [0.25, 0.3) is 0 Å². The van der Waals surface area contributed by atoms with Gasteiger partial charge in [-0.15, -0.1) is 0 Å². The summed E-state index contributed by atoms with van der Waals surface area (Å²) in [6.07, 6.45) is 4.30. The number of aliphatic hydroxyl groups excluding tert-OH is 1. The lowest BCUT2D eigenvalue weighted by Gasteiger charge is -2.35. The average Bonchev–Trinajstić information content (AvgIpc) is 2.42. The van der Waals surface area contributed by atoms with Crippen LogP contribution in [0.1, 0.15) is 51.2 Å². The zero-order chi connectivity index (χ0) is 13.8. The number of aliphatic hydroxyl groups is 1. The van der Waals surface area contributed by atoms with Gasteiger partial charge in [0.15, 0.2) is 0 Å². The zero-order valence-corrected chi connectivity index (χ0v) is 12.2. The van der Waals surface area contributed by atoms with Crippen molar-refractivity contribution < 1.29 is 5.11 Å². The van der Waals surface area contributed by atoms with Gasteiger partial charge in [-0.1, -0.05) is 49.4 Å². The van der Waals surface area contributed by atoms with Gasteiger partial charge in [0.1, 0.15) is 0 Å². The van der Waals surface area contributed by atoms with E-state index >= 15 is 0 Å². The Kier molecular flexibility index (Phi) is 4.81. The van der Waals surface area contributed by atoms with Crippen molar-refractivity contribution in [2.75, 3.05) is 0 Å². The topological polar surface area (TPSA) is 20.2 Å². The van der Waals surface area contributed by atoms with Gasteiger partial charge >= 0.3 is 0 Å². The average molecular weight is 258 g/mol. The molecule has 1 aliphatic rings. The largest absolute Gasteiger partial charge is 0.388 e. The van der Waals surface area contributed by atoms with E-state index in [1.165, 1.54) is 24.8 Å². The first-order chi connectivity index (χ1) is 9.08. The van der Waals surface area contributed by atoms with Crippen molar-refractivity contribution in [2.45, 2.75) is 45.6 Å². The molecule has 4 atom stereocenters. The number of rotatable bonds is 4. The normalized spacial score (nSPS) is 28.9. The third-order valence-corrected chi connectivity index (χ3v) is 4.77. The fraction of sp³-hybridized carbons (Fsp3) is 0.556. The predicted octanol–water partition coefficient (Wildman–Crippen LogP) is 4.74. The first kappa shape index (κ1) is 14.3. The van der Waals surface area contributed by atoms with E-state index in [9.17, 15) is 5.11 Å². The summed E-state index contributed by atoms with van der Waals surface area (Å²) >= 11 is 0. The molecule has 1 saturated carbocycles. The molecule has 0 bridgehead atoms. The first-order valence-electron chi connectivity index (χ1n) is 7.46. The van der Waals surface area contributed by atoms with Crippen LogP contribution in [0.4, 0.5) is 0 Å². The molecule has 0 saturated heterocycles. The second kappa shape index (κ2) is 6.38. The molecular formula is C18H26O. The van der Waals surface area contributed by atoms with Crippen molar-refractivity contribution in [3.63, 3.8) is 0 Å². The van der Waals surface area contributed by atoms with Gasteiger partial charge in [0.25, 0.3) is 0 Å². The van der Waals surface area contributed by atoms with E-state index in [0.717, 1.165) is 12.0 Å². The molecule has 0 aromatic heterocycles. The molecule has 1 aromatic carbocycles. The molecule has 1 N–H and O–H groups in total. The fourth-order valence-electron chi connectivity index (χ4n) is 3.29. The van der Waals surface area contributed by atoms with Crippen LogP contribution in [0, 0.1) is 17.8 Å². The van der Waals surface area contributed by atoms with Crippen molar-refractivity contribution in [3.8, 4) is 0 Å². The summed E-state index contributed by atoms with van der Waals surface area (Å²) in [6.45, 7) is 8.59. The maximum Gasteiger partial charge on any atom is 0.0792 e. The van der Waals surface area contributed by atoms with Crippen molar-refractivity contribution in [1.29, 1.82) is 0 Å². The molecule has 1 fully saturated rings. The second-order valence-corrected chi connectivity index (χ2v) is 6.26. The Balaban J connectivity index is 1.98. The highest BCUT2D eigenvalue weighted by Gasteiger charge is 2.29. The van der Waals surface area contributed by atoms with E-state index in [0.29, 0.717) is 17.8 Å². The monoisotopic (exact) mass is 258 g/mol. The molecular weight excluding hydrogens is 232 g/mol. The minimum Gasteiger partial charge on any atom is -0.388 e. The molecule has 1 aromatic rings. The van der Waals surface area contributed by atoms with E-state index in [4.69, 9.17) is 0 Å². The third-order valence-electron chi connectivity index (χ3n) is 4.77. The number of hydrogen-bond donors (Lipinski definition) is 1. The Hall–Kier alpha value is -1.08. The Labute approximate surface area is 117 Å². The number of hydrogen-bond acceptors (Lipinski definition) is 1. The van der Waals surface area contributed by atoms with Crippen LogP contribution in [0.3, 0.4) is 0 Å². The van der Waals surface area contributed by atoms with Gasteiger partial charge in [-0.3, -0.25) is 0 Å². The van der Waals surface area contributed by atoms with Gasteiger partial charge in [-0.25, -0.2) is 0 Å². The van der Waals surface area contributed by atoms with Crippen molar-refractivity contribution in [1.82, 2.24) is 0 Å². The first-order valence-corrected chi connectivity index (χ1v) is 7.46. The zero-order valence-electron chi connectivity index (χ0n) is 12.2. The molecule has 0 spiro atoms. The molecule has 1 heteroatoms. The Morgan fingerprint density at radius 1 is 1.32 bits per heavy atom. The molecule has 104 valence electrons. The molecule has 1 unspecified atom stereocenters. The molecule has 2 rings (SSSR count).